The van der Waals surface area contributed by atoms with E-state index in [0.717, 1.165) is 5.56 Å². The van der Waals surface area contributed by atoms with Crippen molar-refractivity contribution in [2.24, 2.45) is 0 Å². The molecule has 1 aliphatic rings. The van der Waals surface area contributed by atoms with Gasteiger partial charge in [-0.1, -0.05) is 51.1 Å². The van der Waals surface area contributed by atoms with Crippen molar-refractivity contribution in [2.75, 3.05) is 6.61 Å². The van der Waals surface area contributed by atoms with Crippen LogP contribution in [0, 0.1) is 6.92 Å². The van der Waals surface area contributed by atoms with Gasteiger partial charge in [0.15, 0.2) is 5.78 Å². The van der Waals surface area contributed by atoms with Crippen molar-refractivity contribution in [3.63, 3.8) is 0 Å². The first-order valence-corrected chi connectivity index (χ1v) is 10.6. The molecular weight excluding hydrogens is 396 g/mol. The van der Waals surface area contributed by atoms with E-state index in [0.29, 0.717) is 24.2 Å². The first kappa shape index (κ1) is 22.7. The summed E-state index contributed by atoms with van der Waals surface area (Å²) >= 11 is 0. The maximum atomic E-state index is 13.2. The van der Waals surface area contributed by atoms with Gasteiger partial charge in [-0.05, 0) is 36.8 Å². The Hall–Kier alpha value is -2.93. The maximum absolute atomic E-state index is 13.2. The number of benzene rings is 1. The molecule has 7 nitrogen and oxygen atoms in total. The van der Waals surface area contributed by atoms with Crippen molar-refractivity contribution >= 4 is 17.6 Å². The molecule has 2 N–H and O–H groups in total. The minimum Gasteiger partial charge on any atom is -0.469 e. The van der Waals surface area contributed by atoms with E-state index in [-0.39, 0.29) is 18.5 Å². The van der Waals surface area contributed by atoms with E-state index in [1.54, 1.807) is 13.0 Å². The SMILES string of the molecule is CCC1OCC(=O)C1NC(=O)C(CC(C)(C)c1ccccc1)NC(=O)c1ccoc1C. The highest BCUT2D eigenvalue weighted by molar-refractivity contribution is 5.99. The highest BCUT2D eigenvalue weighted by atomic mass is 16.5. The number of ether oxygens (including phenoxy) is 1. The number of furan rings is 1. The summed E-state index contributed by atoms with van der Waals surface area (Å²) in [6.07, 6.45) is 2.04. The largest absolute Gasteiger partial charge is 0.469 e. The number of hydrogen-bond acceptors (Lipinski definition) is 5. The van der Waals surface area contributed by atoms with Crippen LogP contribution in [0.15, 0.2) is 47.1 Å². The van der Waals surface area contributed by atoms with Gasteiger partial charge in [-0.2, -0.15) is 0 Å². The molecule has 0 radical (unpaired) electrons. The van der Waals surface area contributed by atoms with Crippen LogP contribution >= 0.6 is 0 Å². The predicted molar refractivity (Wildman–Crippen MR) is 116 cm³/mol. The van der Waals surface area contributed by atoms with Crippen LogP contribution in [0.4, 0.5) is 0 Å². The van der Waals surface area contributed by atoms with Crippen LogP contribution in [0.1, 0.15) is 55.3 Å². The van der Waals surface area contributed by atoms with Crippen LogP contribution < -0.4 is 10.6 Å². The number of amides is 2. The van der Waals surface area contributed by atoms with Crippen molar-refractivity contribution in [3.05, 3.63) is 59.5 Å². The molecule has 1 aromatic carbocycles. The van der Waals surface area contributed by atoms with Crippen molar-refractivity contribution in [1.82, 2.24) is 10.6 Å². The first-order valence-electron chi connectivity index (χ1n) is 10.6. The molecule has 2 aromatic rings. The number of nitrogens with one attached hydrogen (secondary N) is 2. The molecule has 31 heavy (non-hydrogen) atoms. The Morgan fingerprint density at radius 3 is 2.52 bits per heavy atom. The fraction of sp³-hybridized carbons (Fsp3) is 0.458. The molecular formula is C24H30N2O5. The number of ketones is 1. The third-order valence-electron chi connectivity index (χ3n) is 5.85. The topological polar surface area (TPSA) is 97.6 Å². The van der Waals surface area contributed by atoms with Crippen LogP contribution in [0.5, 0.6) is 0 Å². The molecule has 166 valence electrons. The van der Waals surface area contributed by atoms with Gasteiger partial charge < -0.3 is 19.8 Å². The van der Waals surface area contributed by atoms with E-state index in [1.807, 2.05) is 51.1 Å². The summed E-state index contributed by atoms with van der Waals surface area (Å²) < 4.78 is 10.7. The number of aryl methyl sites for hydroxylation is 1. The highest BCUT2D eigenvalue weighted by Gasteiger charge is 2.38. The van der Waals surface area contributed by atoms with E-state index in [2.05, 4.69) is 10.6 Å². The summed E-state index contributed by atoms with van der Waals surface area (Å²) in [5.74, 6) is -0.472. The van der Waals surface area contributed by atoms with E-state index >= 15 is 0 Å². The van der Waals surface area contributed by atoms with Crippen LogP contribution in [0.3, 0.4) is 0 Å². The zero-order chi connectivity index (χ0) is 22.6. The van der Waals surface area contributed by atoms with Crippen molar-refractivity contribution in [2.45, 2.75) is 64.1 Å². The second kappa shape index (κ2) is 9.47. The first-order chi connectivity index (χ1) is 14.7. The molecule has 0 bridgehead atoms. The van der Waals surface area contributed by atoms with Crippen LogP contribution in [-0.4, -0.2) is 42.4 Å². The van der Waals surface area contributed by atoms with E-state index in [1.165, 1.54) is 6.26 Å². The zero-order valence-corrected chi connectivity index (χ0v) is 18.4. The standard InChI is InChI=1S/C24H30N2O5/c1-5-20-21(19(27)14-31-20)26-23(29)18(25-22(28)17-11-12-30-15(17)2)13-24(3,4)16-9-7-6-8-10-16/h6-12,18,20-21H,5,13-14H2,1-4H3,(H,25,28)(H,26,29). The Labute approximate surface area is 182 Å². The average molecular weight is 427 g/mol. The number of Topliss-reactive ketones (excluding diaryl/α,β-unsaturated/α-hetero) is 1. The van der Waals surface area contributed by atoms with Gasteiger partial charge in [-0.3, -0.25) is 14.4 Å². The molecule has 1 aromatic heterocycles. The van der Waals surface area contributed by atoms with Gasteiger partial charge in [-0.15, -0.1) is 0 Å². The lowest BCUT2D eigenvalue weighted by molar-refractivity contribution is -0.128. The molecule has 3 atom stereocenters. The smallest absolute Gasteiger partial charge is 0.255 e. The summed E-state index contributed by atoms with van der Waals surface area (Å²) in [6, 6.07) is 9.85. The summed E-state index contributed by atoms with van der Waals surface area (Å²) in [5.41, 5.74) is 1.03. The van der Waals surface area contributed by atoms with Crippen molar-refractivity contribution in [3.8, 4) is 0 Å². The molecule has 1 aliphatic heterocycles. The summed E-state index contributed by atoms with van der Waals surface area (Å²) in [6.45, 7) is 7.64. The molecule has 0 spiro atoms. The van der Waals surface area contributed by atoms with Gasteiger partial charge >= 0.3 is 0 Å². The molecule has 3 unspecified atom stereocenters. The van der Waals surface area contributed by atoms with Gasteiger partial charge in [0.25, 0.3) is 5.91 Å². The van der Waals surface area contributed by atoms with Crippen LogP contribution in [0.25, 0.3) is 0 Å². The number of carbonyl (C=O) groups is 3. The van der Waals surface area contributed by atoms with Crippen LogP contribution in [0.2, 0.25) is 0 Å². The van der Waals surface area contributed by atoms with Gasteiger partial charge in [-0.25, -0.2) is 0 Å². The fourth-order valence-corrected chi connectivity index (χ4v) is 3.95. The Bertz CT molecular complexity index is 934. The molecule has 0 saturated carbocycles. The second-order valence-corrected chi connectivity index (χ2v) is 8.58. The third-order valence-corrected chi connectivity index (χ3v) is 5.85. The Kier molecular flexibility index (Phi) is 6.95. The number of hydrogen-bond donors (Lipinski definition) is 2. The summed E-state index contributed by atoms with van der Waals surface area (Å²) in [4.78, 5) is 38.3. The van der Waals surface area contributed by atoms with E-state index in [4.69, 9.17) is 9.15 Å². The second-order valence-electron chi connectivity index (χ2n) is 8.58. The minimum atomic E-state index is -0.845. The van der Waals surface area contributed by atoms with Gasteiger partial charge in [0.05, 0.1) is 17.9 Å². The van der Waals surface area contributed by atoms with Gasteiger partial charge in [0.1, 0.15) is 24.5 Å². The van der Waals surface area contributed by atoms with Crippen molar-refractivity contribution in [1.29, 1.82) is 0 Å². The zero-order valence-electron chi connectivity index (χ0n) is 18.4. The summed E-state index contributed by atoms with van der Waals surface area (Å²) in [7, 11) is 0. The lowest BCUT2D eigenvalue weighted by Gasteiger charge is -2.31. The molecule has 0 aliphatic carbocycles. The van der Waals surface area contributed by atoms with E-state index in [9.17, 15) is 14.4 Å². The quantitative estimate of drug-likeness (QED) is 0.676. The highest BCUT2D eigenvalue weighted by Crippen LogP contribution is 2.29. The third kappa shape index (κ3) is 5.22. The number of rotatable bonds is 8. The van der Waals surface area contributed by atoms with Crippen molar-refractivity contribution < 1.29 is 23.5 Å². The molecule has 2 amide bonds. The molecule has 1 saturated heterocycles. The van der Waals surface area contributed by atoms with Gasteiger partial charge in [0.2, 0.25) is 5.91 Å². The van der Waals surface area contributed by atoms with Gasteiger partial charge in [0, 0.05) is 0 Å². The minimum absolute atomic E-state index is 0.00972. The molecule has 2 heterocycles. The Morgan fingerprint density at radius 1 is 1.19 bits per heavy atom. The molecule has 3 rings (SSSR count). The molecule has 7 heteroatoms. The van der Waals surface area contributed by atoms with E-state index < -0.39 is 29.3 Å². The van der Waals surface area contributed by atoms with Crippen LogP contribution in [-0.2, 0) is 19.7 Å². The predicted octanol–water partition coefficient (Wildman–Crippen LogP) is 2.92. The summed E-state index contributed by atoms with van der Waals surface area (Å²) in [5, 5.41) is 5.66. The maximum Gasteiger partial charge on any atom is 0.255 e. The lowest BCUT2D eigenvalue weighted by Crippen LogP contribution is -2.54. The lowest BCUT2D eigenvalue weighted by atomic mass is 9.78. The normalized spacial score (nSPS) is 19.8. The molecule has 1 fully saturated rings. The fourth-order valence-electron chi connectivity index (χ4n) is 3.95. The Morgan fingerprint density at radius 2 is 1.90 bits per heavy atom. The average Bonchev–Trinajstić information content (AvgIpc) is 3.33. The number of carbonyl (C=O) groups excluding carboxylic acids is 3. The Balaban J connectivity index is 1.82. The monoisotopic (exact) mass is 426 g/mol.